The number of rotatable bonds is 8. The Morgan fingerprint density at radius 1 is 1.13 bits per heavy atom. The molecule has 0 saturated heterocycles. The van der Waals surface area contributed by atoms with Gasteiger partial charge in [-0.25, -0.2) is 9.78 Å². The number of carbonyl (C=O) groups excluding carboxylic acids is 1. The summed E-state index contributed by atoms with van der Waals surface area (Å²) in [6.07, 6.45) is 8.40. The number of aromatic carboxylic acids is 1. The predicted octanol–water partition coefficient (Wildman–Crippen LogP) is 5.85. The van der Waals surface area contributed by atoms with Crippen molar-refractivity contribution in [2.75, 3.05) is 5.32 Å². The molecule has 0 aliphatic heterocycles. The zero-order chi connectivity index (χ0) is 21.6. The van der Waals surface area contributed by atoms with Crippen molar-refractivity contribution in [3.63, 3.8) is 0 Å². The van der Waals surface area contributed by atoms with Crippen molar-refractivity contribution >= 4 is 41.1 Å². The lowest BCUT2D eigenvalue weighted by Gasteiger charge is -2.22. The van der Waals surface area contributed by atoms with Crippen LogP contribution < -0.4 is 5.32 Å². The minimum Gasteiger partial charge on any atom is -0.478 e. The van der Waals surface area contributed by atoms with Crippen molar-refractivity contribution in [3.8, 4) is 0 Å². The standard InChI is InChI=1S/C25H24N2O3S/c28-23(13-12-18-6-1-2-10-21(18)25(29)30)26-20-9-3-5-17(15-20)11-14-24-27-22(16-31-24)19-7-4-8-19/h1-3,5-6,9-11,14-16,19H,4,7-8,12-13H2,(H,26,28)(H,29,30). The number of nitrogens with zero attached hydrogens (tertiary/aromatic N) is 1. The predicted molar refractivity (Wildman–Crippen MR) is 124 cm³/mol. The maximum Gasteiger partial charge on any atom is 0.335 e. The fourth-order valence-corrected chi connectivity index (χ4v) is 4.37. The van der Waals surface area contributed by atoms with Crippen LogP contribution in [0.2, 0.25) is 0 Å². The van der Waals surface area contributed by atoms with Gasteiger partial charge in [-0.15, -0.1) is 11.3 Å². The monoisotopic (exact) mass is 432 g/mol. The molecule has 1 aromatic heterocycles. The number of benzene rings is 2. The molecule has 1 saturated carbocycles. The van der Waals surface area contributed by atoms with Gasteiger partial charge in [-0.1, -0.05) is 42.8 Å². The van der Waals surface area contributed by atoms with E-state index in [1.54, 1.807) is 35.6 Å². The smallest absolute Gasteiger partial charge is 0.335 e. The zero-order valence-corrected chi connectivity index (χ0v) is 17.9. The second-order valence-corrected chi connectivity index (χ2v) is 8.60. The summed E-state index contributed by atoms with van der Waals surface area (Å²) in [6.45, 7) is 0. The topological polar surface area (TPSA) is 79.3 Å². The van der Waals surface area contributed by atoms with E-state index >= 15 is 0 Å². The Balaban J connectivity index is 1.34. The number of aromatic nitrogens is 1. The second-order valence-electron chi connectivity index (χ2n) is 7.71. The molecule has 31 heavy (non-hydrogen) atoms. The number of carboxylic acid groups (broad SMARTS) is 1. The molecule has 0 atom stereocenters. The first-order chi connectivity index (χ1) is 15.1. The molecule has 1 amide bonds. The quantitative estimate of drug-likeness (QED) is 0.468. The van der Waals surface area contributed by atoms with Gasteiger partial charge in [-0.05, 0) is 54.7 Å². The lowest BCUT2D eigenvalue weighted by Crippen LogP contribution is -2.13. The summed E-state index contributed by atoms with van der Waals surface area (Å²) in [7, 11) is 0. The Kier molecular flexibility index (Phi) is 6.57. The van der Waals surface area contributed by atoms with Crippen LogP contribution in [0.4, 0.5) is 5.69 Å². The summed E-state index contributed by atoms with van der Waals surface area (Å²) in [5.41, 5.74) is 3.81. The van der Waals surface area contributed by atoms with Gasteiger partial charge < -0.3 is 10.4 Å². The van der Waals surface area contributed by atoms with Crippen LogP contribution in [0.1, 0.15) is 63.8 Å². The lowest BCUT2D eigenvalue weighted by molar-refractivity contribution is -0.116. The number of carbonyl (C=O) groups is 2. The van der Waals surface area contributed by atoms with Crippen LogP contribution in [0.25, 0.3) is 12.2 Å². The number of hydrogen-bond donors (Lipinski definition) is 2. The minimum atomic E-state index is -0.976. The molecule has 1 aliphatic rings. The summed E-state index contributed by atoms with van der Waals surface area (Å²) >= 11 is 1.66. The Hall–Kier alpha value is -3.25. The summed E-state index contributed by atoms with van der Waals surface area (Å²) in [5.74, 6) is -0.485. The molecular weight excluding hydrogens is 408 g/mol. The molecule has 158 valence electrons. The highest BCUT2D eigenvalue weighted by atomic mass is 32.1. The van der Waals surface area contributed by atoms with E-state index in [0.29, 0.717) is 23.6 Å². The van der Waals surface area contributed by atoms with Gasteiger partial charge in [0.25, 0.3) is 0 Å². The van der Waals surface area contributed by atoms with Crippen molar-refractivity contribution in [2.24, 2.45) is 0 Å². The molecule has 2 aromatic carbocycles. The Bertz CT molecular complexity index is 1120. The van der Waals surface area contributed by atoms with Crippen molar-refractivity contribution in [1.82, 2.24) is 4.98 Å². The molecule has 5 nitrogen and oxygen atoms in total. The summed E-state index contributed by atoms with van der Waals surface area (Å²) in [5, 5.41) is 15.3. The summed E-state index contributed by atoms with van der Waals surface area (Å²) in [4.78, 5) is 28.4. The van der Waals surface area contributed by atoms with E-state index in [0.717, 1.165) is 10.6 Å². The number of hydrogen-bond acceptors (Lipinski definition) is 4. The average molecular weight is 433 g/mol. The van der Waals surface area contributed by atoms with Crippen LogP contribution in [-0.4, -0.2) is 22.0 Å². The maximum absolute atomic E-state index is 12.4. The van der Waals surface area contributed by atoms with Crippen molar-refractivity contribution in [2.45, 2.75) is 38.0 Å². The van der Waals surface area contributed by atoms with Gasteiger partial charge >= 0.3 is 5.97 Å². The van der Waals surface area contributed by atoms with E-state index in [2.05, 4.69) is 10.7 Å². The average Bonchev–Trinajstić information content (AvgIpc) is 3.18. The van der Waals surface area contributed by atoms with Gasteiger partial charge in [0.05, 0.1) is 11.3 Å². The van der Waals surface area contributed by atoms with Gasteiger partial charge in [0.2, 0.25) is 5.91 Å². The minimum absolute atomic E-state index is 0.147. The Morgan fingerprint density at radius 3 is 2.74 bits per heavy atom. The second kappa shape index (κ2) is 9.71. The molecular formula is C25H24N2O3S. The first kappa shape index (κ1) is 21.0. The summed E-state index contributed by atoms with van der Waals surface area (Å²) < 4.78 is 0. The first-order valence-corrected chi connectivity index (χ1v) is 11.3. The van der Waals surface area contributed by atoms with E-state index in [1.165, 1.54) is 25.0 Å². The van der Waals surface area contributed by atoms with Crippen molar-refractivity contribution < 1.29 is 14.7 Å². The SMILES string of the molecule is O=C(CCc1ccccc1C(=O)O)Nc1cccc(C=Cc2nc(C3CCC3)cs2)c1. The highest BCUT2D eigenvalue weighted by Gasteiger charge is 2.21. The van der Waals surface area contributed by atoms with Crippen LogP contribution in [0, 0.1) is 0 Å². The van der Waals surface area contributed by atoms with Gasteiger partial charge in [0.1, 0.15) is 5.01 Å². The van der Waals surface area contributed by atoms with Gasteiger partial charge in [0.15, 0.2) is 0 Å². The molecule has 3 aromatic rings. The number of amides is 1. The molecule has 1 heterocycles. The van der Waals surface area contributed by atoms with Crippen LogP contribution in [0.15, 0.2) is 53.9 Å². The van der Waals surface area contributed by atoms with E-state index in [-0.39, 0.29) is 17.9 Å². The largest absolute Gasteiger partial charge is 0.478 e. The highest BCUT2D eigenvalue weighted by Crippen LogP contribution is 2.36. The number of carboxylic acids is 1. The molecule has 0 bridgehead atoms. The number of anilines is 1. The maximum atomic E-state index is 12.4. The van der Waals surface area contributed by atoms with Crippen LogP contribution in [-0.2, 0) is 11.2 Å². The number of thiazole rings is 1. The van der Waals surface area contributed by atoms with E-state index in [4.69, 9.17) is 4.98 Å². The molecule has 1 aliphatic carbocycles. The molecule has 4 rings (SSSR count). The van der Waals surface area contributed by atoms with E-state index in [9.17, 15) is 14.7 Å². The van der Waals surface area contributed by atoms with Gasteiger partial charge in [0, 0.05) is 23.4 Å². The third kappa shape index (κ3) is 5.47. The summed E-state index contributed by atoms with van der Waals surface area (Å²) in [6, 6.07) is 14.4. The van der Waals surface area contributed by atoms with Gasteiger partial charge in [-0.3, -0.25) is 4.79 Å². The molecule has 0 radical (unpaired) electrons. The third-order valence-electron chi connectivity index (χ3n) is 5.52. The lowest BCUT2D eigenvalue weighted by atomic mass is 9.83. The fraction of sp³-hybridized carbons (Fsp3) is 0.240. The Morgan fingerprint density at radius 2 is 1.97 bits per heavy atom. The van der Waals surface area contributed by atoms with Crippen molar-refractivity contribution in [3.05, 3.63) is 81.3 Å². The molecule has 1 fully saturated rings. The van der Waals surface area contributed by atoms with Gasteiger partial charge in [-0.2, -0.15) is 0 Å². The zero-order valence-electron chi connectivity index (χ0n) is 17.1. The highest BCUT2D eigenvalue weighted by molar-refractivity contribution is 7.10. The Labute approximate surface area is 185 Å². The molecule has 2 N–H and O–H groups in total. The van der Waals surface area contributed by atoms with Crippen molar-refractivity contribution in [1.29, 1.82) is 0 Å². The van der Waals surface area contributed by atoms with E-state index < -0.39 is 5.97 Å². The van der Waals surface area contributed by atoms with Crippen LogP contribution in [0.3, 0.4) is 0 Å². The normalized spacial score (nSPS) is 13.8. The molecule has 0 unspecified atom stereocenters. The number of nitrogens with one attached hydrogen (secondary N) is 1. The fourth-order valence-electron chi connectivity index (χ4n) is 3.58. The van der Waals surface area contributed by atoms with E-state index in [1.807, 2.05) is 36.4 Å². The van der Waals surface area contributed by atoms with Crippen LogP contribution in [0.5, 0.6) is 0 Å². The number of aryl methyl sites for hydroxylation is 1. The molecule has 6 heteroatoms. The third-order valence-corrected chi connectivity index (χ3v) is 6.35. The molecule has 0 spiro atoms. The van der Waals surface area contributed by atoms with Crippen LogP contribution >= 0.6 is 11.3 Å². The first-order valence-electron chi connectivity index (χ1n) is 10.4.